The minimum Gasteiger partial charge on any atom is -0.375 e. The lowest BCUT2D eigenvalue weighted by atomic mass is 9.73. The Morgan fingerprint density at radius 3 is 2.56 bits per heavy atom. The lowest BCUT2D eigenvalue weighted by Gasteiger charge is -2.51. The average molecular weight is 252 g/mol. The van der Waals surface area contributed by atoms with Crippen molar-refractivity contribution in [2.45, 2.75) is 81.5 Å². The Bertz CT molecular complexity index is 290. The van der Waals surface area contributed by atoms with Gasteiger partial charge in [-0.1, -0.05) is 12.8 Å². The van der Waals surface area contributed by atoms with Crippen molar-refractivity contribution in [2.24, 2.45) is 5.73 Å². The van der Waals surface area contributed by atoms with Gasteiger partial charge in [0, 0.05) is 24.7 Å². The maximum atomic E-state index is 6.33. The molecule has 1 aliphatic heterocycles. The maximum absolute atomic E-state index is 6.33. The van der Waals surface area contributed by atoms with E-state index in [1.165, 1.54) is 57.8 Å². The molecule has 1 saturated heterocycles. The zero-order valence-electron chi connectivity index (χ0n) is 11.7. The molecule has 1 spiro atoms. The fourth-order valence-corrected chi connectivity index (χ4v) is 4.19. The normalized spacial score (nSPS) is 39.8. The summed E-state index contributed by atoms with van der Waals surface area (Å²) in [5.74, 6) is 0. The van der Waals surface area contributed by atoms with Crippen LogP contribution in [0, 0.1) is 0 Å². The van der Waals surface area contributed by atoms with Gasteiger partial charge in [0.25, 0.3) is 0 Å². The lowest BCUT2D eigenvalue weighted by molar-refractivity contribution is -0.150. The van der Waals surface area contributed by atoms with Crippen LogP contribution in [0.3, 0.4) is 0 Å². The van der Waals surface area contributed by atoms with Crippen molar-refractivity contribution >= 4 is 0 Å². The maximum Gasteiger partial charge on any atom is 0.0697 e. The van der Waals surface area contributed by atoms with E-state index >= 15 is 0 Å². The molecule has 3 unspecified atom stereocenters. The molecule has 3 atom stereocenters. The molecular weight excluding hydrogens is 224 g/mol. The van der Waals surface area contributed by atoms with Crippen molar-refractivity contribution in [2.75, 3.05) is 13.7 Å². The molecule has 2 aliphatic carbocycles. The van der Waals surface area contributed by atoms with Crippen LogP contribution in [-0.2, 0) is 4.74 Å². The van der Waals surface area contributed by atoms with Gasteiger partial charge in [0.05, 0.1) is 5.60 Å². The van der Waals surface area contributed by atoms with E-state index in [1.807, 2.05) is 0 Å². The van der Waals surface area contributed by atoms with Gasteiger partial charge in [-0.2, -0.15) is 0 Å². The molecular formula is C15H28N2O. The molecule has 3 nitrogen and oxygen atoms in total. The third-order valence-electron chi connectivity index (χ3n) is 5.61. The molecule has 2 N–H and O–H groups in total. The van der Waals surface area contributed by atoms with Crippen molar-refractivity contribution in [3.8, 4) is 0 Å². The third kappa shape index (κ3) is 2.33. The quantitative estimate of drug-likeness (QED) is 0.819. The molecule has 3 heteroatoms. The Kier molecular flexibility index (Phi) is 3.65. The van der Waals surface area contributed by atoms with Crippen LogP contribution in [0.5, 0.6) is 0 Å². The predicted octanol–water partition coefficient (Wildman–Crippen LogP) is 2.29. The molecule has 0 aromatic carbocycles. The fraction of sp³-hybridized carbons (Fsp3) is 1.00. The summed E-state index contributed by atoms with van der Waals surface area (Å²) in [6.45, 7) is 0.955. The SMILES string of the molecule is CN(C1CCOC2(CCC2)C1)C1CCCCC1N. The molecule has 0 aromatic rings. The number of nitrogens with two attached hydrogens (primary N) is 1. The van der Waals surface area contributed by atoms with Gasteiger partial charge in [-0.3, -0.25) is 4.90 Å². The van der Waals surface area contributed by atoms with E-state index in [1.54, 1.807) is 0 Å². The average Bonchev–Trinajstić information content (AvgIpc) is 2.37. The minimum atomic E-state index is 0.260. The van der Waals surface area contributed by atoms with Crippen molar-refractivity contribution in [1.29, 1.82) is 0 Å². The first kappa shape index (κ1) is 12.9. The topological polar surface area (TPSA) is 38.5 Å². The first-order valence-electron chi connectivity index (χ1n) is 7.82. The first-order chi connectivity index (χ1) is 8.70. The van der Waals surface area contributed by atoms with Crippen LogP contribution in [0.2, 0.25) is 0 Å². The minimum absolute atomic E-state index is 0.260. The molecule has 0 amide bonds. The second-order valence-corrected chi connectivity index (χ2v) is 6.71. The first-order valence-corrected chi connectivity index (χ1v) is 7.82. The Balaban J connectivity index is 1.62. The van der Waals surface area contributed by atoms with E-state index in [2.05, 4.69) is 11.9 Å². The predicted molar refractivity (Wildman–Crippen MR) is 73.6 cm³/mol. The van der Waals surface area contributed by atoms with Crippen LogP contribution < -0.4 is 5.73 Å². The molecule has 3 rings (SSSR count). The largest absolute Gasteiger partial charge is 0.375 e. The molecule has 104 valence electrons. The summed E-state index contributed by atoms with van der Waals surface area (Å²) in [5, 5.41) is 0. The van der Waals surface area contributed by atoms with Gasteiger partial charge in [0.2, 0.25) is 0 Å². The van der Waals surface area contributed by atoms with E-state index < -0.39 is 0 Å². The molecule has 3 aliphatic rings. The zero-order chi connectivity index (χ0) is 12.6. The van der Waals surface area contributed by atoms with Crippen molar-refractivity contribution < 1.29 is 4.74 Å². The number of ether oxygens (including phenoxy) is 1. The van der Waals surface area contributed by atoms with E-state index in [9.17, 15) is 0 Å². The van der Waals surface area contributed by atoms with Gasteiger partial charge >= 0.3 is 0 Å². The second kappa shape index (κ2) is 5.10. The Morgan fingerprint density at radius 2 is 1.89 bits per heavy atom. The molecule has 18 heavy (non-hydrogen) atoms. The van der Waals surface area contributed by atoms with Crippen molar-refractivity contribution in [3.05, 3.63) is 0 Å². The van der Waals surface area contributed by atoms with Crippen molar-refractivity contribution in [3.63, 3.8) is 0 Å². The van der Waals surface area contributed by atoms with Crippen LogP contribution in [0.1, 0.15) is 57.8 Å². The van der Waals surface area contributed by atoms with E-state index in [0.29, 0.717) is 18.1 Å². The molecule has 2 saturated carbocycles. The summed E-state index contributed by atoms with van der Waals surface area (Å²) in [6.07, 6.45) is 11.6. The van der Waals surface area contributed by atoms with E-state index in [0.717, 1.165) is 6.61 Å². The number of rotatable bonds is 2. The van der Waals surface area contributed by atoms with Crippen LogP contribution in [-0.4, -0.2) is 42.3 Å². The van der Waals surface area contributed by atoms with Crippen LogP contribution in [0.25, 0.3) is 0 Å². The molecule has 0 bridgehead atoms. The zero-order valence-corrected chi connectivity index (χ0v) is 11.7. The monoisotopic (exact) mass is 252 g/mol. The Morgan fingerprint density at radius 1 is 1.11 bits per heavy atom. The van der Waals surface area contributed by atoms with Gasteiger partial charge in [-0.25, -0.2) is 0 Å². The standard InChI is InChI=1S/C15H28N2O/c1-17(14-6-3-2-5-13(14)16)12-7-10-18-15(11-12)8-4-9-15/h12-14H,2-11,16H2,1H3. The number of hydrogen-bond donors (Lipinski definition) is 1. The third-order valence-corrected chi connectivity index (χ3v) is 5.61. The van der Waals surface area contributed by atoms with Crippen LogP contribution in [0.4, 0.5) is 0 Å². The highest BCUT2D eigenvalue weighted by molar-refractivity contribution is 4.98. The summed E-state index contributed by atoms with van der Waals surface area (Å²) in [7, 11) is 2.30. The summed E-state index contributed by atoms with van der Waals surface area (Å²) < 4.78 is 6.04. The van der Waals surface area contributed by atoms with Gasteiger partial charge in [-0.15, -0.1) is 0 Å². The molecule has 1 heterocycles. The fourth-order valence-electron chi connectivity index (χ4n) is 4.19. The number of nitrogens with zero attached hydrogens (tertiary/aromatic N) is 1. The lowest BCUT2D eigenvalue weighted by Crippen LogP contribution is -2.57. The number of hydrogen-bond acceptors (Lipinski definition) is 3. The number of likely N-dealkylation sites (N-methyl/N-ethyl adjacent to an activating group) is 1. The smallest absolute Gasteiger partial charge is 0.0697 e. The summed E-state index contributed by atoms with van der Waals surface area (Å²) in [6, 6.07) is 1.70. The molecule has 0 radical (unpaired) electrons. The summed E-state index contributed by atoms with van der Waals surface area (Å²) in [5.41, 5.74) is 6.59. The van der Waals surface area contributed by atoms with Gasteiger partial charge in [0.1, 0.15) is 0 Å². The summed E-state index contributed by atoms with van der Waals surface area (Å²) in [4.78, 5) is 2.60. The second-order valence-electron chi connectivity index (χ2n) is 6.71. The van der Waals surface area contributed by atoms with Gasteiger partial charge < -0.3 is 10.5 Å². The highest BCUT2D eigenvalue weighted by atomic mass is 16.5. The van der Waals surface area contributed by atoms with Crippen LogP contribution >= 0.6 is 0 Å². The Hall–Kier alpha value is -0.120. The van der Waals surface area contributed by atoms with Gasteiger partial charge in [-0.05, 0) is 52.0 Å². The van der Waals surface area contributed by atoms with Crippen LogP contribution in [0.15, 0.2) is 0 Å². The molecule has 0 aromatic heterocycles. The molecule has 3 fully saturated rings. The summed E-state index contributed by atoms with van der Waals surface area (Å²) >= 11 is 0. The highest BCUT2D eigenvalue weighted by Gasteiger charge is 2.44. The Labute approximate surface area is 111 Å². The highest BCUT2D eigenvalue weighted by Crippen LogP contribution is 2.43. The van der Waals surface area contributed by atoms with E-state index in [-0.39, 0.29) is 5.60 Å². The van der Waals surface area contributed by atoms with Gasteiger partial charge in [0.15, 0.2) is 0 Å². The van der Waals surface area contributed by atoms with E-state index in [4.69, 9.17) is 10.5 Å². The van der Waals surface area contributed by atoms with Crippen molar-refractivity contribution in [1.82, 2.24) is 4.90 Å².